The Kier molecular flexibility index (Phi) is 7.05. The van der Waals surface area contributed by atoms with Gasteiger partial charge in [-0.25, -0.2) is 4.79 Å². The summed E-state index contributed by atoms with van der Waals surface area (Å²) >= 11 is 0. The summed E-state index contributed by atoms with van der Waals surface area (Å²) in [6.07, 6.45) is 1.60. The van der Waals surface area contributed by atoms with Crippen molar-refractivity contribution in [1.29, 1.82) is 0 Å². The minimum Gasteiger partial charge on any atom is -0.348 e. The number of benzene rings is 1. The Morgan fingerprint density at radius 3 is 2.25 bits per heavy atom. The number of hydrogen-bond donors (Lipinski definition) is 3. The van der Waals surface area contributed by atoms with Gasteiger partial charge in [-0.1, -0.05) is 6.07 Å². The summed E-state index contributed by atoms with van der Waals surface area (Å²) in [6.45, 7) is 11.6. The first-order valence-electron chi connectivity index (χ1n) is 9.78. The fourth-order valence-electron chi connectivity index (χ4n) is 3.06. The third-order valence-electron chi connectivity index (χ3n) is 4.91. The predicted octanol–water partition coefficient (Wildman–Crippen LogP) is 2.58. The highest BCUT2D eigenvalue weighted by atomic mass is 16.2. The van der Waals surface area contributed by atoms with Crippen LogP contribution in [0.1, 0.15) is 44.7 Å². The molecule has 0 spiro atoms. The quantitative estimate of drug-likeness (QED) is 0.695. The number of carbonyl (C=O) groups is 3. The second-order valence-electron chi connectivity index (χ2n) is 8.57. The Labute approximate surface area is 167 Å². The minimum atomic E-state index is -0.662. The molecule has 1 heterocycles. The number of anilines is 1. The molecule has 1 saturated heterocycles. The highest BCUT2D eigenvalue weighted by Gasteiger charge is 2.26. The molecule has 154 valence electrons. The van der Waals surface area contributed by atoms with Gasteiger partial charge in [-0.05, 0) is 76.6 Å². The van der Waals surface area contributed by atoms with Crippen LogP contribution in [0.25, 0.3) is 0 Å². The number of urea groups is 1. The summed E-state index contributed by atoms with van der Waals surface area (Å²) in [5.41, 5.74) is 2.54. The maximum atomic E-state index is 12.2. The number of amides is 4. The molecule has 0 saturated carbocycles. The van der Waals surface area contributed by atoms with Gasteiger partial charge in [0, 0.05) is 30.9 Å². The molecule has 7 heteroatoms. The summed E-state index contributed by atoms with van der Waals surface area (Å²) in [7, 11) is 0. The zero-order valence-electron chi connectivity index (χ0n) is 17.5. The summed E-state index contributed by atoms with van der Waals surface area (Å²) in [5.74, 6) is -1.03. The van der Waals surface area contributed by atoms with E-state index in [0.29, 0.717) is 25.3 Å². The van der Waals surface area contributed by atoms with Gasteiger partial charge in [0.2, 0.25) is 0 Å². The van der Waals surface area contributed by atoms with Gasteiger partial charge >= 0.3 is 17.8 Å². The molecule has 1 aromatic carbocycles. The zero-order chi connectivity index (χ0) is 20.9. The Morgan fingerprint density at radius 2 is 1.68 bits per heavy atom. The smallest absolute Gasteiger partial charge is 0.317 e. The molecule has 0 atom stereocenters. The van der Waals surface area contributed by atoms with Crippen LogP contribution < -0.4 is 16.0 Å². The van der Waals surface area contributed by atoms with Gasteiger partial charge in [-0.15, -0.1) is 0 Å². The minimum absolute atomic E-state index is 0.0530. The Hall–Kier alpha value is -2.57. The lowest BCUT2D eigenvalue weighted by molar-refractivity contribution is -0.136. The molecule has 0 unspecified atom stereocenters. The van der Waals surface area contributed by atoms with Crippen LogP contribution in [0.5, 0.6) is 0 Å². The lowest BCUT2D eigenvalue weighted by Gasteiger charge is -2.34. The van der Waals surface area contributed by atoms with Crippen molar-refractivity contribution in [3.05, 3.63) is 29.3 Å². The van der Waals surface area contributed by atoms with Gasteiger partial charge in [0.25, 0.3) is 0 Å². The lowest BCUT2D eigenvalue weighted by Crippen LogP contribution is -2.51. The van der Waals surface area contributed by atoms with Gasteiger partial charge < -0.3 is 20.9 Å². The van der Waals surface area contributed by atoms with Gasteiger partial charge in [0.05, 0.1) is 0 Å². The molecule has 0 aromatic heterocycles. The molecule has 0 bridgehead atoms. The maximum absolute atomic E-state index is 12.2. The van der Waals surface area contributed by atoms with Crippen molar-refractivity contribution in [3.8, 4) is 0 Å². The Bertz CT molecular complexity index is 732. The normalized spacial score (nSPS) is 15.1. The average molecular weight is 389 g/mol. The van der Waals surface area contributed by atoms with E-state index in [0.717, 1.165) is 24.0 Å². The third-order valence-corrected chi connectivity index (χ3v) is 4.91. The Morgan fingerprint density at radius 1 is 1.04 bits per heavy atom. The number of nitrogens with one attached hydrogen (secondary N) is 3. The number of hydrogen-bond acceptors (Lipinski definition) is 3. The van der Waals surface area contributed by atoms with Crippen LogP contribution in [0.4, 0.5) is 10.5 Å². The van der Waals surface area contributed by atoms with Crippen molar-refractivity contribution in [1.82, 2.24) is 15.5 Å². The van der Waals surface area contributed by atoms with Crippen molar-refractivity contribution in [2.45, 2.75) is 53.0 Å². The molecule has 1 aliphatic heterocycles. The average Bonchev–Trinajstić information content (AvgIpc) is 2.61. The van der Waals surface area contributed by atoms with Crippen LogP contribution in [-0.4, -0.2) is 47.9 Å². The Balaban J connectivity index is 1.74. The van der Waals surface area contributed by atoms with E-state index < -0.39 is 11.8 Å². The highest BCUT2D eigenvalue weighted by Crippen LogP contribution is 2.17. The number of piperidine rings is 1. The van der Waals surface area contributed by atoms with E-state index in [1.54, 1.807) is 11.0 Å². The number of carbonyl (C=O) groups excluding carboxylic acids is 3. The van der Waals surface area contributed by atoms with E-state index in [2.05, 4.69) is 16.0 Å². The van der Waals surface area contributed by atoms with Gasteiger partial charge in [-0.2, -0.15) is 0 Å². The fourth-order valence-corrected chi connectivity index (χ4v) is 3.06. The molecule has 4 amide bonds. The van der Waals surface area contributed by atoms with E-state index in [4.69, 9.17) is 0 Å². The van der Waals surface area contributed by atoms with Crippen molar-refractivity contribution in [3.63, 3.8) is 0 Å². The number of rotatable bonds is 3. The van der Waals surface area contributed by atoms with Crippen LogP contribution in [0.2, 0.25) is 0 Å². The largest absolute Gasteiger partial charge is 0.348 e. The van der Waals surface area contributed by atoms with Crippen LogP contribution in [0, 0.1) is 19.8 Å². The van der Waals surface area contributed by atoms with E-state index in [9.17, 15) is 14.4 Å². The molecule has 1 aromatic rings. The molecule has 7 nitrogen and oxygen atoms in total. The van der Waals surface area contributed by atoms with Crippen LogP contribution >= 0.6 is 0 Å². The topological polar surface area (TPSA) is 90.5 Å². The van der Waals surface area contributed by atoms with E-state index in [1.807, 2.05) is 46.8 Å². The van der Waals surface area contributed by atoms with E-state index in [1.165, 1.54) is 0 Å². The van der Waals surface area contributed by atoms with Crippen LogP contribution in [0.15, 0.2) is 18.2 Å². The molecule has 0 radical (unpaired) electrons. The van der Waals surface area contributed by atoms with Crippen LogP contribution in [0.3, 0.4) is 0 Å². The molecule has 28 heavy (non-hydrogen) atoms. The molecule has 1 aliphatic rings. The van der Waals surface area contributed by atoms with Crippen LogP contribution in [-0.2, 0) is 9.59 Å². The zero-order valence-corrected chi connectivity index (χ0v) is 17.5. The number of nitrogens with zero attached hydrogens (tertiary/aromatic N) is 1. The second kappa shape index (κ2) is 9.08. The summed E-state index contributed by atoms with van der Waals surface area (Å²) in [5, 5.41) is 8.30. The number of likely N-dealkylation sites (tertiary alicyclic amines) is 1. The molecule has 1 fully saturated rings. The van der Waals surface area contributed by atoms with E-state index >= 15 is 0 Å². The van der Waals surface area contributed by atoms with Crippen molar-refractivity contribution < 1.29 is 14.4 Å². The van der Waals surface area contributed by atoms with Gasteiger partial charge in [0.1, 0.15) is 0 Å². The molecule has 2 rings (SSSR count). The standard InChI is InChI=1S/C21H32N4O3/c1-14-6-7-17(12-15(14)2)23-19(27)18(26)22-13-16-8-10-25(11-9-16)20(28)24-21(3,4)5/h6-7,12,16H,8-11,13H2,1-5H3,(H,22,26)(H,23,27)(H,24,28). The predicted molar refractivity (Wildman–Crippen MR) is 110 cm³/mol. The molecular formula is C21H32N4O3. The van der Waals surface area contributed by atoms with Gasteiger partial charge in [-0.3, -0.25) is 9.59 Å². The molecule has 0 aliphatic carbocycles. The monoisotopic (exact) mass is 388 g/mol. The first kappa shape index (κ1) is 21.7. The second-order valence-corrected chi connectivity index (χ2v) is 8.57. The first-order chi connectivity index (χ1) is 13.0. The third kappa shape index (κ3) is 6.55. The first-order valence-corrected chi connectivity index (χ1v) is 9.78. The van der Waals surface area contributed by atoms with Crippen molar-refractivity contribution >= 4 is 23.5 Å². The highest BCUT2D eigenvalue weighted by molar-refractivity contribution is 6.39. The lowest BCUT2D eigenvalue weighted by atomic mass is 9.97. The summed E-state index contributed by atoms with van der Waals surface area (Å²) < 4.78 is 0. The van der Waals surface area contributed by atoms with Crippen molar-refractivity contribution in [2.75, 3.05) is 25.0 Å². The summed E-state index contributed by atoms with van der Waals surface area (Å²) in [4.78, 5) is 38.1. The molecule has 3 N–H and O–H groups in total. The molecular weight excluding hydrogens is 356 g/mol. The maximum Gasteiger partial charge on any atom is 0.317 e. The van der Waals surface area contributed by atoms with Crippen molar-refractivity contribution in [2.24, 2.45) is 5.92 Å². The summed E-state index contributed by atoms with van der Waals surface area (Å²) in [6, 6.07) is 5.49. The number of aryl methyl sites for hydroxylation is 2. The van der Waals surface area contributed by atoms with E-state index in [-0.39, 0.29) is 17.5 Å². The van der Waals surface area contributed by atoms with Gasteiger partial charge in [0.15, 0.2) is 0 Å². The SMILES string of the molecule is Cc1ccc(NC(=O)C(=O)NCC2CCN(C(=O)NC(C)(C)C)CC2)cc1C. The fraction of sp³-hybridized carbons (Fsp3) is 0.571.